The number of benzene rings is 1. The van der Waals surface area contributed by atoms with Crippen molar-refractivity contribution in [3.05, 3.63) is 41.2 Å². The number of rotatable bonds is 9. The van der Waals surface area contributed by atoms with E-state index in [4.69, 9.17) is 21.4 Å². The van der Waals surface area contributed by atoms with E-state index in [2.05, 4.69) is 10.3 Å². The summed E-state index contributed by atoms with van der Waals surface area (Å²) in [5.41, 5.74) is 1.11. The molecular weight excluding hydrogens is 400 g/mol. The standard InChI is InChI=1S/C15H19ClN4O4S2/c1-15(10-26(23)24,14(21)18-22)5-6-20-8-12(17-19-20)9-25-13-4-2-3-11(16)7-13/h2-4,7-8,22H,5-6,9-10H2,1H3,(H,18,21)(H,23,24). The van der Waals surface area contributed by atoms with Gasteiger partial charge in [0.1, 0.15) is 0 Å². The number of halogens is 1. The van der Waals surface area contributed by atoms with Crippen LogP contribution in [0.2, 0.25) is 5.02 Å². The van der Waals surface area contributed by atoms with E-state index < -0.39 is 22.4 Å². The van der Waals surface area contributed by atoms with E-state index in [1.807, 2.05) is 18.2 Å². The van der Waals surface area contributed by atoms with Gasteiger partial charge in [-0.2, -0.15) is 0 Å². The minimum atomic E-state index is -2.17. The third-order valence-electron chi connectivity index (χ3n) is 3.75. The van der Waals surface area contributed by atoms with Crippen molar-refractivity contribution in [1.82, 2.24) is 20.5 Å². The van der Waals surface area contributed by atoms with Crippen LogP contribution in [0, 0.1) is 5.41 Å². The number of hydroxylamine groups is 1. The van der Waals surface area contributed by atoms with Crippen molar-refractivity contribution in [2.24, 2.45) is 5.41 Å². The summed E-state index contributed by atoms with van der Waals surface area (Å²) < 4.78 is 21.8. The summed E-state index contributed by atoms with van der Waals surface area (Å²) in [7, 11) is 0. The summed E-state index contributed by atoms with van der Waals surface area (Å²) in [5.74, 6) is -0.391. The second-order valence-electron chi connectivity index (χ2n) is 5.94. The normalized spacial score (nSPS) is 14.6. The van der Waals surface area contributed by atoms with Crippen molar-refractivity contribution in [3.63, 3.8) is 0 Å². The SMILES string of the molecule is CC(CCn1cc(CSc2cccc(Cl)c2)nn1)(CS(=O)O)C(=O)NO. The van der Waals surface area contributed by atoms with Gasteiger partial charge in [0.2, 0.25) is 5.91 Å². The van der Waals surface area contributed by atoms with Crippen LogP contribution in [0.25, 0.3) is 0 Å². The number of amides is 1. The van der Waals surface area contributed by atoms with Crippen molar-refractivity contribution >= 4 is 40.4 Å². The van der Waals surface area contributed by atoms with Gasteiger partial charge in [0.25, 0.3) is 0 Å². The molecule has 2 atom stereocenters. The Hall–Kier alpha value is -1.46. The first kappa shape index (κ1) is 20.8. The monoisotopic (exact) mass is 418 g/mol. The maximum Gasteiger partial charge on any atom is 0.250 e. The van der Waals surface area contributed by atoms with Crippen LogP contribution in [0.15, 0.2) is 35.4 Å². The number of nitrogens with zero attached hydrogens (tertiary/aromatic N) is 3. The van der Waals surface area contributed by atoms with Gasteiger partial charge in [-0.1, -0.05) is 22.9 Å². The Balaban J connectivity index is 1.94. The number of aryl methyl sites for hydroxylation is 1. The van der Waals surface area contributed by atoms with Crippen LogP contribution < -0.4 is 5.48 Å². The zero-order valence-corrected chi connectivity index (χ0v) is 16.4. The molecule has 2 aromatic rings. The third-order valence-corrected chi connectivity index (χ3v) is 5.90. The number of carbonyl (C=O) groups excluding carboxylic acids is 1. The van der Waals surface area contributed by atoms with E-state index in [1.165, 1.54) is 6.92 Å². The molecule has 0 bridgehead atoms. The zero-order valence-electron chi connectivity index (χ0n) is 14.0. The Kier molecular flexibility index (Phi) is 7.59. The molecule has 142 valence electrons. The van der Waals surface area contributed by atoms with Crippen molar-refractivity contribution in [2.75, 3.05) is 5.75 Å². The lowest BCUT2D eigenvalue weighted by Gasteiger charge is -2.25. The van der Waals surface area contributed by atoms with E-state index in [0.717, 1.165) is 10.6 Å². The van der Waals surface area contributed by atoms with Crippen molar-refractivity contribution in [2.45, 2.75) is 30.5 Å². The van der Waals surface area contributed by atoms with Gasteiger partial charge in [0.05, 0.1) is 16.9 Å². The molecule has 0 radical (unpaired) electrons. The third kappa shape index (κ3) is 6.06. The summed E-state index contributed by atoms with van der Waals surface area (Å²) in [5, 5.41) is 17.6. The molecule has 3 N–H and O–H groups in total. The molecule has 2 rings (SSSR count). The van der Waals surface area contributed by atoms with E-state index in [-0.39, 0.29) is 12.2 Å². The van der Waals surface area contributed by atoms with E-state index in [0.29, 0.717) is 17.3 Å². The van der Waals surface area contributed by atoms with Gasteiger partial charge < -0.3 is 4.55 Å². The van der Waals surface area contributed by atoms with Crippen LogP contribution in [0.4, 0.5) is 0 Å². The molecule has 0 aliphatic heterocycles. The molecule has 2 unspecified atom stereocenters. The highest BCUT2D eigenvalue weighted by molar-refractivity contribution is 7.98. The topological polar surface area (TPSA) is 117 Å². The maximum atomic E-state index is 11.8. The predicted molar refractivity (Wildman–Crippen MR) is 99.3 cm³/mol. The Morgan fingerprint density at radius 3 is 2.92 bits per heavy atom. The van der Waals surface area contributed by atoms with Crippen LogP contribution in [0.1, 0.15) is 19.0 Å². The van der Waals surface area contributed by atoms with Gasteiger partial charge in [0.15, 0.2) is 11.1 Å². The number of aromatic nitrogens is 3. The highest BCUT2D eigenvalue weighted by atomic mass is 35.5. The van der Waals surface area contributed by atoms with Crippen molar-refractivity contribution < 1.29 is 18.8 Å². The van der Waals surface area contributed by atoms with Crippen LogP contribution in [-0.4, -0.2) is 40.6 Å². The highest BCUT2D eigenvalue weighted by Crippen LogP contribution is 2.26. The molecule has 8 nitrogen and oxygen atoms in total. The second-order valence-corrected chi connectivity index (χ2v) is 8.35. The molecule has 0 aliphatic rings. The number of hydrogen-bond donors (Lipinski definition) is 3. The minimum Gasteiger partial charge on any atom is -0.306 e. The summed E-state index contributed by atoms with van der Waals surface area (Å²) >= 11 is 5.36. The number of thioether (sulfide) groups is 1. The van der Waals surface area contributed by atoms with E-state index in [9.17, 15) is 9.00 Å². The molecule has 11 heteroatoms. The predicted octanol–water partition coefficient (Wildman–Crippen LogP) is 2.35. The van der Waals surface area contributed by atoms with Crippen LogP contribution in [-0.2, 0) is 28.2 Å². The minimum absolute atomic E-state index is 0.218. The summed E-state index contributed by atoms with van der Waals surface area (Å²) in [4.78, 5) is 12.8. The van der Waals surface area contributed by atoms with Gasteiger partial charge in [-0.15, -0.1) is 16.9 Å². The highest BCUT2D eigenvalue weighted by Gasteiger charge is 2.35. The maximum absolute atomic E-state index is 11.8. The molecule has 0 aliphatic carbocycles. The molecule has 0 fully saturated rings. The molecule has 0 saturated carbocycles. The molecular formula is C15H19ClN4O4S2. The van der Waals surface area contributed by atoms with Crippen LogP contribution in [0.3, 0.4) is 0 Å². The fourth-order valence-electron chi connectivity index (χ4n) is 2.25. The summed E-state index contributed by atoms with van der Waals surface area (Å²) in [6.07, 6.45) is 1.97. The van der Waals surface area contributed by atoms with Gasteiger partial charge in [-0.25, -0.2) is 9.69 Å². The number of carbonyl (C=O) groups is 1. The number of hydrogen-bond acceptors (Lipinski definition) is 6. The first-order valence-electron chi connectivity index (χ1n) is 7.62. The fraction of sp³-hybridized carbons (Fsp3) is 0.400. The smallest absolute Gasteiger partial charge is 0.250 e. The first-order chi connectivity index (χ1) is 12.3. The van der Waals surface area contributed by atoms with Gasteiger partial charge in [-0.3, -0.25) is 14.7 Å². The molecule has 26 heavy (non-hydrogen) atoms. The molecule has 1 amide bonds. The van der Waals surface area contributed by atoms with Gasteiger partial charge in [0, 0.05) is 28.4 Å². The average molecular weight is 419 g/mol. The lowest BCUT2D eigenvalue weighted by molar-refractivity contribution is -0.138. The van der Waals surface area contributed by atoms with Gasteiger partial charge in [-0.05, 0) is 31.5 Å². The van der Waals surface area contributed by atoms with Crippen LogP contribution in [0.5, 0.6) is 0 Å². The molecule has 0 saturated heterocycles. The zero-order chi connectivity index (χ0) is 19.2. The largest absolute Gasteiger partial charge is 0.306 e. The fourth-order valence-corrected chi connectivity index (χ4v) is 4.16. The molecule has 1 heterocycles. The van der Waals surface area contributed by atoms with Crippen molar-refractivity contribution in [1.29, 1.82) is 0 Å². The lowest BCUT2D eigenvalue weighted by atomic mass is 9.88. The van der Waals surface area contributed by atoms with Crippen molar-refractivity contribution in [3.8, 4) is 0 Å². The molecule has 1 aromatic carbocycles. The Morgan fingerprint density at radius 1 is 1.50 bits per heavy atom. The molecule has 1 aromatic heterocycles. The Bertz CT molecular complexity index is 789. The number of nitrogens with one attached hydrogen (secondary N) is 1. The second kappa shape index (κ2) is 9.47. The van der Waals surface area contributed by atoms with Crippen LogP contribution >= 0.6 is 23.4 Å². The quantitative estimate of drug-likeness (QED) is 0.247. The Labute approximate surface area is 162 Å². The molecule has 0 spiro atoms. The summed E-state index contributed by atoms with van der Waals surface area (Å²) in [6, 6.07) is 7.50. The van der Waals surface area contributed by atoms with E-state index >= 15 is 0 Å². The summed E-state index contributed by atoms with van der Waals surface area (Å²) in [6.45, 7) is 1.83. The first-order valence-corrected chi connectivity index (χ1v) is 10.3. The van der Waals surface area contributed by atoms with E-state index in [1.54, 1.807) is 34.2 Å². The lowest BCUT2D eigenvalue weighted by Crippen LogP contribution is -2.42. The Morgan fingerprint density at radius 2 is 2.27 bits per heavy atom. The van der Waals surface area contributed by atoms with Gasteiger partial charge >= 0.3 is 0 Å². The average Bonchev–Trinajstić information content (AvgIpc) is 3.05.